The summed E-state index contributed by atoms with van der Waals surface area (Å²) in [6, 6.07) is 0. The van der Waals surface area contributed by atoms with Gasteiger partial charge < -0.3 is 27.4 Å². The molecular weight excluding hydrogens is 330 g/mol. The van der Waals surface area contributed by atoms with Gasteiger partial charge in [0.15, 0.2) is 0 Å². The molecule has 0 radical (unpaired) electrons. The molecule has 0 saturated carbocycles. The van der Waals surface area contributed by atoms with Gasteiger partial charge in [0.2, 0.25) is 0 Å². The zero-order valence-electron chi connectivity index (χ0n) is 16.2. The molecule has 8 heteroatoms. The fourth-order valence-electron chi connectivity index (χ4n) is 2.89. The van der Waals surface area contributed by atoms with Gasteiger partial charge in [0.1, 0.15) is 0 Å². The molecule has 0 aliphatic heterocycles. The summed E-state index contributed by atoms with van der Waals surface area (Å²) >= 11 is 0. The predicted molar refractivity (Wildman–Crippen MR) is 97.6 cm³/mol. The van der Waals surface area contributed by atoms with Gasteiger partial charge in [-0.15, -0.1) is 0 Å². The SMILES string of the molecule is CCCCCC(NC(CC)[Si](C)(OC)OC)[Si](OC)(OC)OC. The molecule has 0 spiro atoms. The van der Waals surface area contributed by atoms with Gasteiger partial charge in [0, 0.05) is 35.5 Å². The topological polar surface area (TPSA) is 58.2 Å². The van der Waals surface area contributed by atoms with Crippen molar-refractivity contribution in [1.29, 1.82) is 0 Å². The molecule has 0 aromatic carbocycles. The van der Waals surface area contributed by atoms with E-state index in [2.05, 4.69) is 25.7 Å². The molecule has 0 aromatic heterocycles. The summed E-state index contributed by atoms with van der Waals surface area (Å²) in [4.78, 5) is 0. The minimum Gasteiger partial charge on any atom is -0.397 e. The van der Waals surface area contributed by atoms with Gasteiger partial charge in [-0.05, 0) is 19.4 Å². The van der Waals surface area contributed by atoms with Crippen molar-refractivity contribution in [3.63, 3.8) is 0 Å². The Hall–Kier alpha value is 0.194. The first-order chi connectivity index (χ1) is 10.9. The van der Waals surface area contributed by atoms with Crippen LogP contribution in [-0.2, 0) is 22.1 Å². The van der Waals surface area contributed by atoms with E-state index in [1.165, 1.54) is 12.8 Å². The third-order valence-corrected chi connectivity index (χ3v) is 11.1. The van der Waals surface area contributed by atoms with Crippen molar-refractivity contribution in [3.05, 3.63) is 0 Å². The second-order valence-electron chi connectivity index (χ2n) is 5.82. The zero-order valence-corrected chi connectivity index (χ0v) is 18.2. The van der Waals surface area contributed by atoms with Crippen LogP contribution in [0.25, 0.3) is 0 Å². The van der Waals surface area contributed by atoms with Crippen LogP contribution in [-0.4, -0.2) is 64.2 Å². The standard InChI is InChI=1S/C15H37NO5Si2/c1-9-11-12-13-15(23(19-5,20-6)21-7)16-14(10-2)22(8,17-3)18-4/h14-16H,9-13H2,1-8H3. The summed E-state index contributed by atoms with van der Waals surface area (Å²) in [5, 5.41) is 3.70. The minimum atomic E-state index is -2.78. The molecule has 0 heterocycles. The summed E-state index contributed by atoms with van der Waals surface area (Å²) in [6.07, 6.45) is 5.32. The lowest BCUT2D eigenvalue weighted by atomic mass is 10.2. The molecule has 6 nitrogen and oxygen atoms in total. The van der Waals surface area contributed by atoms with Crippen LogP contribution in [0, 0.1) is 0 Å². The van der Waals surface area contributed by atoms with E-state index in [0.717, 1.165) is 19.3 Å². The minimum absolute atomic E-state index is 0.0242. The van der Waals surface area contributed by atoms with Crippen LogP contribution in [0.2, 0.25) is 6.55 Å². The van der Waals surface area contributed by atoms with E-state index < -0.39 is 17.4 Å². The van der Waals surface area contributed by atoms with Gasteiger partial charge in [0.05, 0.1) is 11.3 Å². The Kier molecular flexibility index (Phi) is 11.8. The number of hydrogen-bond donors (Lipinski definition) is 1. The van der Waals surface area contributed by atoms with E-state index in [0.29, 0.717) is 0 Å². The highest BCUT2D eigenvalue weighted by atomic mass is 28.4. The average molecular weight is 368 g/mol. The van der Waals surface area contributed by atoms with Crippen LogP contribution >= 0.6 is 0 Å². The lowest BCUT2D eigenvalue weighted by molar-refractivity contribution is 0.102. The largest absolute Gasteiger partial charge is 0.518 e. The van der Waals surface area contributed by atoms with Crippen LogP contribution in [0.3, 0.4) is 0 Å². The third kappa shape index (κ3) is 6.20. The molecule has 2 atom stereocenters. The van der Waals surface area contributed by atoms with Crippen molar-refractivity contribution < 1.29 is 22.1 Å². The Morgan fingerprint density at radius 2 is 1.30 bits per heavy atom. The summed E-state index contributed by atoms with van der Waals surface area (Å²) in [5.74, 6) is 0. The fourth-order valence-corrected chi connectivity index (χ4v) is 7.35. The fraction of sp³-hybridized carbons (Fsp3) is 1.00. The second-order valence-corrected chi connectivity index (χ2v) is 12.5. The van der Waals surface area contributed by atoms with E-state index in [1.54, 1.807) is 35.5 Å². The summed E-state index contributed by atoms with van der Waals surface area (Å²) in [7, 11) is 3.35. The lowest BCUT2D eigenvalue weighted by Gasteiger charge is -2.39. The van der Waals surface area contributed by atoms with Gasteiger partial charge in [-0.3, -0.25) is 0 Å². The van der Waals surface area contributed by atoms with Crippen LogP contribution in [0.1, 0.15) is 46.0 Å². The van der Waals surface area contributed by atoms with E-state index in [4.69, 9.17) is 22.1 Å². The average Bonchev–Trinajstić information content (AvgIpc) is 2.60. The van der Waals surface area contributed by atoms with Gasteiger partial charge in [-0.25, -0.2) is 0 Å². The summed E-state index contributed by atoms with van der Waals surface area (Å²) in [6.45, 7) is 6.41. The second kappa shape index (κ2) is 11.7. The molecule has 0 aliphatic rings. The van der Waals surface area contributed by atoms with Gasteiger partial charge in [-0.2, -0.15) is 0 Å². The van der Waals surface area contributed by atoms with Crippen molar-refractivity contribution in [2.24, 2.45) is 0 Å². The number of nitrogens with one attached hydrogen (secondary N) is 1. The van der Waals surface area contributed by atoms with Crippen LogP contribution < -0.4 is 5.32 Å². The summed E-state index contributed by atoms with van der Waals surface area (Å²) < 4.78 is 28.6. The highest BCUT2D eigenvalue weighted by Gasteiger charge is 2.50. The molecule has 0 aromatic rings. The summed E-state index contributed by atoms with van der Waals surface area (Å²) in [5.41, 5.74) is 0.160. The molecule has 23 heavy (non-hydrogen) atoms. The third-order valence-electron chi connectivity index (χ3n) is 4.63. The molecule has 0 fully saturated rings. The normalized spacial score (nSPS) is 15.7. The van der Waals surface area contributed by atoms with E-state index in [9.17, 15) is 0 Å². The highest BCUT2D eigenvalue weighted by molar-refractivity contribution is 6.68. The van der Waals surface area contributed by atoms with Crippen molar-refractivity contribution in [3.8, 4) is 0 Å². The van der Waals surface area contributed by atoms with Crippen molar-refractivity contribution in [2.75, 3.05) is 35.5 Å². The maximum absolute atomic E-state index is 5.73. The van der Waals surface area contributed by atoms with Gasteiger partial charge in [0.25, 0.3) is 0 Å². The lowest BCUT2D eigenvalue weighted by Crippen LogP contribution is -2.67. The highest BCUT2D eigenvalue weighted by Crippen LogP contribution is 2.22. The van der Waals surface area contributed by atoms with Crippen LogP contribution in [0.4, 0.5) is 0 Å². The molecule has 140 valence electrons. The first kappa shape index (κ1) is 23.2. The molecule has 0 bridgehead atoms. The molecule has 0 aliphatic carbocycles. The van der Waals surface area contributed by atoms with Crippen molar-refractivity contribution in [2.45, 2.75) is 63.8 Å². The smallest absolute Gasteiger partial charge is 0.397 e. The number of rotatable bonds is 14. The first-order valence-electron chi connectivity index (χ1n) is 8.45. The van der Waals surface area contributed by atoms with E-state index in [-0.39, 0.29) is 11.3 Å². The van der Waals surface area contributed by atoms with Crippen molar-refractivity contribution >= 4 is 17.4 Å². The zero-order chi connectivity index (χ0) is 17.9. The number of hydrogen-bond acceptors (Lipinski definition) is 6. The van der Waals surface area contributed by atoms with E-state index in [1.807, 2.05) is 0 Å². The molecule has 0 amide bonds. The Labute approximate surface area is 144 Å². The molecule has 2 unspecified atom stereocenters. The molecule has 0 saturated heterocycles. The Morgan fingerprint density at radius 3 is 1.65 bits per heavy atom. The Bertz CT molecular complexity index is 293. The first-order valence-corrected chi connectivity index (χ1v) is 12.6. The molecular formula is C15H37NO5Si2. The molecule has 0 rings (SSSR count). The Balaban J connectivity index is 5.32. The maximum atomic E-state index is 5.73. The quantitative estimate of drug-likeness (QED) is 0.376. The van der Waals surface area contributed by atoms with E-state index >= 15 is 0 Å². The monoisotopic (exact) mass is 367 g/mol. The predicted octanol–water partition coefficient (Wildman–Crippen LogP) is 2.62. The van der Waals surface area contributed by atoms with Crippen molar-refractivity contribution in [1.82, 2.24) is 5.32 Å². The van der Waals surface area contributed by atoms with Gasteiger partial charge in [-0.1, -0.05) is 33.1 Å². The van der Waals surface area contributed by atoms with Crippen LogP contribution in [0.15, 0.2) is 0 Å². The Morgan fingerprint density at radius 1 is 0.783 bits per heavy atom. The van der Waals surface area contributed by atoms with Gasteiger partial charge >= 0.3 is 17.4 Å². The maximum Gasteiger partial charge on any atom is 0.518 e. The van der Waals surface area contributed by atoms with Crippen LogP contribution in [0.5, 0.6) is 0 Å². The molecule has 1 N–H and O–H groups in total. The number of unbranched alkanes of at least 4 members (excludes halogenated alkanes) is 2.